The van der Waals surface area contributed by atoms with E-state index in [2.05, 4.69) is 20.8 Å². The Morgan fingerprint density at radius 2 is 2.21 bits per heavy atom. The molecule has 1 aromatic heterocycles. The van der Waals surface area contributed by atoms with Gasteiger partial charge in [-0.1, -0.05) is 13.8 Å². The molecule has 0 spiro atoms. The summed E-state index contributed by atoms with van der Waals surface area (Å²) in [5.74, 6) is -0.515. The zero-order valence-electron chi connectivity index (χ0n) is 11.1. The lowest BCUT2D eigenvalue weighted by molar-refractivity contribution is -0.138. The minimum atomic E-state index is -0.845. The maximum atomic E-state index is 11.6. The Kier molecular flexibility index (Phi) is 5.84. The standard InChI is InChI=1S/C12H20N4O3/c1-8(2)3-9(4-11(17)18)5-13-12(19)16-10-6-14-15-7-10/h6-9H,3-5H2,1-2H3,(H,14,15)(H,17,18)(H2,13,16,19). The maximum absolute atomic E-state index is 11.6. The van der Waals surface area contributed by atoms with Crippen molar-refractivity contribution in [3.8, 4) is 0 Å². The van der Waals surface area contributed by atoms with Crippen molar-refractivity contribution in [3.63, 3.8) is 0 Å². The molecule has 1 heterocycles. The molecule has 7 nitrogen and oxygen atoms in total. The van der Waals surface area contributed by atoms with Crippen molar-refractivity contribution in [1.82, 2.24) is 15.5 Å². The molecule has 0 aliphatic rings. The van der Waals surface area contributed by atoms with E-state index in [1.807, 2.05) is 13.8 Å². The van der Waals surface area contributed by atoms with Crippen LogP contribution in [0.15, 0.2) is 12.4 Å². The summed E-state index contributed by atoms with van der Waals surface area (Å²) >= 11 is 0. The highest BCUT2D eigenvalue weighted by molar-refractivity contribution is 5.88. The van der Waals surface area contributed by atoms with Crippen molar-refractivity contribution in [3.05, 3.63) is 12.4 Å². The number of aliphatic carboxylic acids is 1. The van der Waals surface area contributed by atoms with E-state index >= 15 is 0 Å². The molecule has 0 bridgehead atoms. The van der Waals surface area contributed by atoms with E-state index in [-0.39, 0.29) is 18.4 Å². The van der Waals surface area contributed by atoms with Crippen LogP contribution >= 0.6 is 0 Å². The first-order valence-corrected chi connectivity index (χ1v) is 6.22. The van der Waals surface area contributed by atoms with Gasteiger partial charge in [0.1, 0.15) is 0 Å². The molecular weight excluding hydrogens is 248 g/mol. The van der Waals surface area contributed by atoms with E-state index in [1.165, 1.54) is 6.20 Å². The van der Waals surface area contributed by atoms with E-state index < -0.39 is 5.97 Å². The lowest BCUT2D eigenvalue weighted by Crippen LogP contribution is -2.34. The molecule has 1 atom stereocenters. The van der Waals surface area contributed by atoms with Gasteiger partial charge in [-0.15, -0.1) is 0 Å². The van der Waals surface area contributed by atoms with Crippen molar-refractivity contribution in [2.45, 2.75) is 26.7 Å². The van der Waals surface area contributed by atoms with Crippen LogP contribution in [0.1, 0.15) is 26.7 Å². The van der Waals surface area contributed by atoms with Gasteiger partial charge in [0, 0.05) is 19.2 Å². The number of aromatic amines is 1. The monoisotopic (exact) mass is 268 g/mol. The van der Waals surface area contributed by atoms with E-state index in [0.717, 1.165) is 6.42 Å². The number of hydrogen-bond donors (Lipinski definition) is 4. The van der Waals surface area contributed by atoms with Crippen LogP contribution in [0.4, 0.5) is 10.5 Å². The molecule has 19 heavy (non-hydrogen) atoms. The summed E-state index contributed by atoms with van der Waals surface area (Å²) in [6.07, 6.45) is 3.87. The Labute approximate surface area is 111 Å². The second-order valence-corrected chi connectivity index (χ2v) is 4.92. The number of hydrogen-bond acceptors (Lipinski definition) is 3. The first-order chi connectivity index (χ1) is 8.97. The van der Waals surface area contributed by atoms with Gasteiger partial charge in [-0.3, -0.25) is 9.89 Å². The Morgan fingerprint density at radius 1 is 1.47 bits per heavy atom. The van der Waals surface area contributed by atoms with Gasteiger partial charge in [0.15, 0.2) is 0 Å². The zero-order chi connectivity index (χ0) is 14.3. The second-order valence-electron chi connectivity index (χ2n) is 4.92. The fourth-order valence-corrected chi connectivity index (χ4v) is 1.88. The average Bonchev–Trinajstić information content (AvgIpc) is 2.77. The molecule has 0 aromatic carbocycles. The minimum Gasteiger partial charge on any atom is -0.481 e. The number of carbonyl (C=O) groups excluding carboxylic acids is 1. The summed E-state index contributed by atoms with van der Waals surface area (Å²) in [7, 11) is 0. The number of nitrogens with zero attached hydrogens (tertiary/aromatic N) is 1. The number of carboxylic acid groups (broad SMARTS) is 1. The van der Waals surface area contributed by atoms with Crippen LogP contribution < -0.4 is 10.6 Å². The summed E-state index contributed by atoms with van der Waals surface area (Å²) in [6, 6.07) is -0.361. The SMILES string of the molecule is CC(C)CC(CNC(=O)Nc1cn[nH]c1)CC(=O)O. The molecular formula is C12H20N4O3. The predicted octanol–water partition coefficient (Wildman–Crippen LogP) is 1.67. The average molecular weight is 268 g/mol. The number of nitrogens with one attached hydrogen (secondary N) is 3. The molecule has 1 rings (SSSR count). The van der Waals surface area contributed by atoms with Crippen molar-refractivity contribution >= 4 is 17.7 Å². The van der Waals surface area contributed by atoms with Gasteiger partial charge in [-0.25, -0.2) is 4.79 Å². The molecule has 2 amide bonds. The Hall–Kier alpha value is -2.05. The predicted molar refractivity (Wildman–Crippen MR) is 70.8 cm³/mol. The summed E-state index contributed by atoms with van der Waals surface area (Å²) in [4.78, 5) is 22.3. The van der Waals surface area contributed by atoms with Crippen LogP contribution in [0.3, 0.4) is 0 Å². The van der Waals surface area contributed by atoms with Crippen molar-refractivity contribution in [2.75, 3.05) is 11.9 Å². The van der Waals surface area contributed by atoms with Gasteiger partial charge in [0.2, 0.25) is 0 Å². The number of anilines is 1. The van der Waals surface area contributed by atoms with Gasteiger partial charge in [0.25, 0.3) is 0 Å². The van der Waals surface area contributed by atoms with Crippen LogP contribution in [0, 0.1) is 11.8 Å². The first-order valence-electron chi connectivity index (χ1n) is 6.22. The summed E-state index contributed by atoms with van der Waals surface area (Å²) in [5, 5.41) is 20.4. The van der Waals surface area contributed by atoms with E-state index in [0.29, 0.717) is 18.2 Å². The fraction of sp³-hybridized carbons (Fsp3) is 0.583. The third-order valence-corrected chi connectivity index (χ3v) is 2.58. The Bertz CT molecular complexity index is 403. The third-order valence-electron chi connectivity index (χ3n) is 2.58. The number of carboxylic acids is 1. The number of carbonyl (C=O) groups is 2. The fourth-order valence-electron chi connectivity index (χ4n) is 1.88. The highest BCUT2D eigenvalue weighted by atomic mass is 16.4. The third kappa shape index (κ3) is 6.44. The molecule has 1 unspecified atom stereocenters. The highest BCUT2D eigenvalue weighted by Crippen LogP contribution is 2.14. The summed E-state index contributed by atoms with van der Waals surface area (Å²) in [6.45, 7) is 4.40. The first kappa shape index (κ1) is 15.0. The van der Waals surface area contributed by atoms with Crippen LogP contribution in [-0.4, -0.2) is 33.8 Å². The molecule has 0 aliphatic carbocycles. The number of rotatable bonds is 7. The van der Waals surface area contributed by atoms with E-state index in [4.69, 9.17) is 5.11 Å². The summed E-state index contributed by atoms with van der Waals surface area (Å²) < 4.78 is 0. The van der Waals surface area contributed by atoms with Crippen molar-refractivity contribution in [1.29, 1.82) is 0 Å². The van der Waals surface area contributed by atoms with Gasteiger partial charge in [-0.05, 0) is 18.3 Å². The van der Waals surface area contributed by atoms with Crippen molar-refractivity contribution in [2.24, 2.45) is 11.8 Å². The Balaban J connectivity index is 2.37. The molecule has 4 N–H and O–H groups in total. The molecule has 0 saturated heterocycles. The largest absolute Gasteiger partial charge is 0.481 e. The number of urea groups is 1. The molecule has 1 aromatic rings. The van der Waals surface area contributed by atoms with Gasteiger partial charge >= 0.3 is 12.0 Å². The smallest absolute Gasteiger partial charge is 0.319 e. The Morgan fingerprint density at radius 3 is 2.74 bits per heavy atom. The van der Waals surface area contributed by atoms with Gasteiger partial charge < -0.3 is 15.7 Å². The topological polar surface area (TPSA) is 107 Å². The molecule has 0 saturated carbocycles. The quantitative estimate of drug-likeness (QED) is 0.603. The second kappa shape index (κ2) is 7.40. The van der Waals surface area contributed by atoms with Gasteiger partial charge in [-0.2, -0.15) is 5.10 Å². The highest BCUT2D eigenvalue weighted by Gasteiger charge is 2.16. The van der Waals surface area contributed by atoms with Gasteiger partial charge in [0.05, 0.1) is 11.9 Å². The van der Waals surface area contributed by atoms with Crippen LogP contribution in [0.2, 0.25) is 0 Å². The maximum Gasteiger partial charge on any atom is 0.319 e. The minimum absolute atomic E-state index is 0.0597. The van der Waals surface area contributed by atoms with E-state index in [9.17, 15) is 9.59 Å². The number of amides is 2. The lowest BCUT2D eigenvalue weighted by Gasteiger charge is -2.17. The molecule has 0 aliphatic heterocycles. The van der Waals surface area contributed by atoms with Crippen LogP contribution in [-0.2, 0) is 4.79 Å². The molecule has 0 fully saturated rings. The molecule has 7 heteroatoms. The molecule has 0 radical (unpaired) electrons. The zero-order valence-corrected chi connectivity index (χ0v) is 11.1. The van der Waals surface area contributed by atoms with Crippen LogP contribution in [0.25, 0.3) is 0 Å². The normalized spacial score (nSPS) is 12.2. The lowest BCUT2D eigenvalue weighted by atomic mass is 9.94. The van der Waals surface area contributed by atoms with E-state index in [1.54, 1.807) is 6.20 Å². The summed E-state index contributed by atoms with van der Waals surface area (Å²) in [5.41, 5.74) is 0.566. The van der Waals surface area contributed by atoms with Crippen LogP contribution in [0.5, 0.6) is 0 Å². The molecule has 106 valence electrons. The number of H-pyrrole nitrogens is 1. The van der Waals surface area contributed by atoms with Crippen molar-refractivity contribution < 1.29 is 14.7 Å². The number of aromatic nitrogens is 2.